The highest BCUT2D eigenvalue weighted by atomic mass is 32.2. The number of benzene rings is 1. The minimum absolute atomic E-state index is 0.0540. The van der Waals surface area contributed by atoms with Gasteiger partial charge in [0.15, 0.2) is 0 Å². The zero-order valence-electron chi connectivity index (χ0n) is 11.2. The average molecular weight is 294 g/mol. The van der Waals surface area contributed by atoms with Crippen LogP contribution >= 0.6 is 0 Å². The lowest BCUT2D eigenvalue weighted by Crippen LogP contribution is -2.36. The van der Waals surface area contributed by atoms with Crippen molar-refractivity contribution in [3.63, 3.8) is 0 Å². The number of nitrogens with zero attached hydrogens (tertiary/aromatic N) is 2. The molecule has 1 aromatic carbocycles. The quantitative estimate of drug-likeness (QED) is 0.777. The predicted molar refractivity (Wildman–Crippen MR) is 78.3 cm³/mol. The number of nitrogens with one attached hydrogen (secondary N) is 1. The van der Waals surface area contributed by atoms with Gasteiger partial charge in [0, 0.05) is 30.7 Å². The zero-order chi connectivity index (χ0) is 14.6. The molecular formula is C13H18N4O2S. The first-order valence-electron chi connectivity index (χ1n) is 6.25. The van der Waals surface area contributed by atoms with Crippen LogP contribution in [0.1, 0.15) is 12.5 Å². The van der Waals surface area contributed by atoms with E-state index >= 15 is 0 Å². The van der Waals surface area contributed by atoms with E-state index in [9.17, 15) is 8.42 Å². The molecule has 3 N–H and O–H groups in total. The van der Waals surface area contributed by atoms with Crippen molar-refractivity contribution in [2.24, 2.45) is 0 Å². The van der Waals surface area contributed by atoms with Crippen molar-refractivity contribution in [3.8, 4) is 0 Å². The molecule has 108 valence electrons. The zero-order valence-corrected chi connectivity index (χ0v) is 12.0. The van der Waals surface area contributed by atoms with Gasteiger partial charge in [0.05, 0.1) is 12.1 Å². The smallest absolute Gasteiger partial charge is 0.216 e. The Bertz CT molecular complexity index is 636. The fourth-order valence-electron chi connectivity index (χ4n) is 1.93. The van der Waals surface area contributed by atoms with Gasteiger partial charge >= 0.3 is 0 Å². The molecule has 1 atom stereocenters. The lowest BCUT2D eigenvalue weighted by molar-refractivity contribution is 0.520. The first-order valence-corrected chi connectivity index (χ1v) is 7.90. The highest BCUT2D eigenvalue weighted by Gasteiger charge is 2.15. The SMILES string of the molecule is CC(Cn1ccnc1)NS(=O)(=O)Cc1ccc(N)cc1. The summed E-state index contributed by atoms with van der Waals surface area (Å²) < 4.78 is 28.6. The van der Waals surface area contributed by atoms with Crippen LogP contribution in [0.25, 0.3) is 0 Å². The Hall–Kier alpha value is -1.86. The van der Waals surface area contributed by atoms with E-state index in [-0.39, 0.29) is 11.8 Å². The summed E-state index contributed by atoms with van der Waals surface area (Å²) in [7, 11) is -3.37. The molecule has 0 bridgehead atoms. The fraction of sp³-hybridized carbons (Fsp3) is 0.308. The van der Waals surface area contributed by atoms with Crippen LogP contribution in [0, 0.1) is 0 Å². The molecule has 0 aliphatic heterocycles. The van der Waals surface area contributed by atoms with Crippen molar-refractivity contribution in [2.75, 3.05) is 5.73 Å². The third-order valence-corrected chi connectivity index (χ3v) is 4.24. The number of nitrogens with two attached hydrogens (primary N) is 1. The lowest BCUT2D eigenvalue weighted by atomic mass is 10.2. The maximum Gasteiger partial charge on any atom is 0.216 e. The minimum atomic E-state index is -3.37. The maximum atomic E-state index is 12.1. The molecule has 0 saturated carbocycles. The van der Waals surface area contributed by atoms with E-state index in [1.165, 1.54) is 0 Å². The van der Waals surface area contributed by atoms with Crippen LogP contribution < -0.4 is 10.5 Å². The van der Waals surface area contributed by atoms with Gasteiger partial charge in [0.2, 0.25) is 10.0 Å². The summed E-state index contributed by atoms with van der Waals surface area (Å²) in [5.74, 6) is -0.0540. The van der Waals surface area contributed by atoms with Gasteiger partial charge in [0.25, 0.3) is 0 Å². The molecule has 0 amide bonds. The highest BCUT2D eigenvalue weighted by Crippen LogP contribution is 2.09. The summed E-state index contributed by atoms with van der Waals surface area (Å²) in [6, 6.07) is 6.62. The first kappa shape index (κ1) is 14.5. The molecular weight excluding hydrogens is 276 g/mol. The number of imidazole rings is 1. The second-order valence-corrected chi connectivity index (χ2v) is 6.53. The largest absolute Gasteiger partial charge is 0.399 e. The molecule has 0 aliphatic carbocycles. The van der Waals surface area contributed by atoms with Crippen molar-refractivity contribution in [3.05, 3.63) is 48.5 Å². The molecule has 6 nitrogen and oxygen atoms in total. The van der Waals surface area contributed by atoms with Gasteiger partial charge in [-0.15, -0.1) is 0 Å². The Morgan fingerprint density at radius 1 is 1.35 bits per heavy atom. The van der Waals surface area contributed by atoms with Crippen LogP contribution in [-0.4, -0.2) is 24.0 Å². The van der Waals surface area contributed by atoms with Crippen molar-refractivity contribution in [1.29, 1.82) is 0 Å². The molecule has 1 unspecified atom stereocenters. The third kappa shape index (κ3) is 4.36. The molecule has 0 saturated heterocycles. The van der Waals surface area contributed by atoms with E-state index in [0.717, 1.165) is 0 Å². The number of nitrogen functional groups attached to an aromatic ring is 1. The number of anilines is 1. The van der Waals surface area contributed by atoms with Crippen LogP contribution in [0.2, 0.25) is 0 Å². The Labute approximate surface area is 118 Å². The van der Waals surface area contributed by atoms with Gasteiger partial charge in [-0.1, -0.05) is 12.1 Å². The van der Waals surface area contributed by atoms with Crippen LogP contribution in [0.5, 0.6) is 0 Å². The Morgan fingerprint density at radius 2 is 2.05 bits per heavy atom. The van der Waals surface area contributed by atoms with E-state index in [1.54, 1.807) is 43.0 Å². The van der Waals surface area contributed by atoms with Crippen LogP contribution in [0.4, 0.5) is 5.69 Å². The van der Waals surface area contributed by atoms with E-state index in [1.807, 2.05) is 11.5 Å². The number of aromatic nitrogens is 2. The summed E-state index contributed by atoms with van der Waals surface area (Å²) in [6.45, 7) is 2.36. The van der Waals surface area contributed by atoms with Crippen LogP contribution in [0.15, 0.2) is 43.0 Å². The molecule has 20 heavy (non-hydrogen) atoms. The molecule has 0 aliphatic rings. The summed E-state index contributed by atoms with van der Waals surface area (Å²) in [5, 5.41) is 0. The van der Waals surface area contributed by atoms with Crippen molar-refractivity contribution in [1.82, 2.24) is 14.3 Å². The van der Waals surface area contributed by atoms with Gasteiger partial charge in [-0.25, -0.2) is 18.1 Å². The van der Waals surface area contributed by atoms with E-state index in [0.29, 0.717) is 17.8 Å². The molecule has 0 spiro atoms. The Kier molecular flexibility index (Phi) is 4.41. The second-order valence-electron chi connectivity index (χ2n) is 4.78. The molecule has 0 radical (unpaired) electrons. The van der Waals surface area contributed by atoms with Crippen molar-refractivity contribution < 1.29 is 8.42 Å². The topological polar surface area (TPSA) is 90.0 Å². The minimum Gasteiger partial charge on any atom is -0.399 e. The standard InChI is InChI=1S/C13H18N4O2S/c1-11(8-17-7-6-15-10-17)16-20(18,19)9-12-2-4-13(14)5-3-12/h2-7,10-11,16H,8-9,14H2,1H3. The van der Waals surface area contributed by atoms with Crippen molar-refractivity contribution in [2.45, 2.75) is 25.3 Å². The molecule has 2 rings (SSSR count). The second kappa shape index (κ2) is 6.06. The molecule has 1 aromatic heterocycles. The van der Waals surface area contributed by atoms with Crippen molar-refractivity contribution >= 4 is 15.7 Å². The predicted octanol–water partition coefficient (Wildman–Crippen LogP) is 0.973. The average Bonchev–Trinajstić information content (AvgIpc) is 2.83. The molecule has 0 fully saturated rings. The van der Waals surface area contributed by atoms with E-state index in [2.05, 4.69) is 9.71 Å². The van der Waals surface area contributed by atoms with Gasteiger partial charge in [-0.2, -0.15) is 0 Å². The van der Waals surface area contributed by atoms with Crippen LogP contribution in [-0.2, 0) is 22.3 Å². The highest BCUT2D eigenvalue weighted by molar-refractivity contribution is 7.88. The third-order valence-electron chi connectivity index (χ3n) is 2.76. The number of sulfonamides is 1. The number of rotatable bonds is 6. The molecule has 7 heteroatoms. The van der Waals surface area contributed by atoms with E-state index < -0.39 is 10.0 Å². The van der Waals surface area contributed by atoms with E-state index in [4.69, 9.17) is 5.73 Å². The molecule has 1 heterocycles. The van der Waals surface area contributed by atoms with Gasteiger partial charge < -0.3 is 10.3 Å². The van der Waals surface area contributed by atoms with Gasteiger partial charge in [-0.05, 0) is 24.6 Å². The maximum absolute atomic E-state index is 12.1. The summed E-state index contributed by atoms with van der Waals surface area (Å²) in [4.78, 5) is 3.92. The monoisotopic (exact) mass is 294 g/mol. The fourth-order valence-corrected chi connectivity index (χ4v) is 3.33. The Balaban J connectivity index is 1.94. The summed E-state index contributed by atoms with van der Waals surface area (Å²) in [5.41, 5.74) is 6.90. The summed E-state index contributed by atoms with van der Waals surface area (Å²) >= 11 is 0. The number of hydrogen-bond acceptors (Lipinski definition) is 4. The molecule has 2 aromatic rings. The number of hydrogen-bond donors (Lipinski definition) is 2. The lowest BCUT2D eigenvalue weighted by Gasteiger charge is -2.14. The normalized spacial score (nSPS) is 13.2. The van der Waals surface area contributed by atoms with Gasteiger partial charge in [0.1, 0.15) is 0 Å². The Morgan fingerprint density at radius 3 is 2.65 bits per heavy atom. The van der Waals surface area contributed by atoms with Crippen LogP contribution in [0.3, 0.4) is 0 Å². The summed E-state index contributed by atoms with van der Waals surface area (Å²) in [6.07, 6.45) is 5.12. The first-order chi connectivity index (χ1) is 9.44. The van der Waals surface area contributed by atoms with Gasteiger partial charge in [-0.3, -0.25) is 0 Å².